The molecule has 1 N–H and O–H groups in total. The SMILES string of the molecule is CNCC(Cc1cccc(Cl)c1)Cc1ccc(Cl)s1. The van der Waals surface area contributed by atoms with Gasteiger partial charge in [-0.3, -0.25) is 0 Å². The Morgan fingerprint density at radius 1 is 1.16 bits per heavy atom. The van der Waals surface area contributed by atoms with Gasteiger partial charge in [-0.2, -0.15) is 0 Å². The standard InChI is InChI=1S/C15H17Cl2NS/c1-18-10-12(9-14-5-6-15(17)19-14)7-11-3-2-4-13(16)8-11/h2-6,8,12,18H,7,9-10H2,1H3. The molecule has 2 aromatic rings. The molecule has 1 aromatic carbocycles. The lowest BCUT2D eigenvalue weighted by Gasteiger charge is -2.16. The molecule has 0 bridgehead atoms. The minimum absolute atomic E-state index is 0.554. The van der Waals surface area contributed by atoms with Gasteiger partial charge in [-0.1, -0.05) is 35.3 Å². The van der Waals surface area contributed by atoms with Crippen molar-refractivity contribution in [3.05, 3.63) is 56.2 Å². The number of benzene rings is 1. The van der Waals surface area contributed by atoms with E-state index in [-0.39, 0.29) is 0 Å². The Labute approximate surface area is 128 Å². The van der Waals surface area contributed by atoms with Crippen LogP contribution in [0.15, 0.2) is 36.4 Å². The van der Waals surface area contributed by atoms with Crippen molar-refractivity contribution in [1.82, 2.24) is 5.32 Å². The van der Waals surface area contributed by atoms with E-state index in [4.69, 9.17) is 23.2 Å². The largest absolute Gasteiger partial charge is 0.319 e. The number of thiophene rings is 1. The third kappa shape index (κ3) is 4.81. The van der Waals surface area contributed by atoms with Crippen LogP contribution in [0.4, 0.5) is 0 Å². The fourth-order valence-corrected chi connectivity index (χ4v) is 3.66. The molecule has 0 radical (unpaired) electrons. The first-order valence-corrected chi connectivity index (χ1v) is 7.88. The molecule has 2 rings (SSSR count). The molecule has 1 unspecified atom stereocenters. The zero-order valence-electron chi connectivity index (χ0n) is 10.8. The van der Waals surface area contributed by atoms with Crippen LogP contribution in [0.2, 0.25) is 9.36 Å². The van der Waals surface area contributed by atoms with Crippen LogP contribution in [0.1, 0.15) is 10.4 Å². The highest BCUT2D eigenvalue weighted by Crippen LogP contribution is 2.25. The molecule has 0 saturated heterocycles. The zero-order chi connectivity index (χ0) is 13.7. The van der Waals surface area contributed by atoms with Crippen molar-refractivity contribution >= 4 is 34.5 Å². The van der Waals surface area contributed by atoms with Crippen molar-refractivity contribution in [2.45, 2.75) is 12.8 Å². The first-order chi connectivity index (χ1) is 9.17. The maximum Gasteiger partial charge on any atom is 0.0931 e. The Bertz CT molecular complexity index is 524. The molecule has 0 saturated carbocycles. The Morgan fingerprint density at radius 3 is 2.63 bits per heavy atom. The van der Waals surface area contributed by atoms with Crippen LogP contribution in [0.25, 0.3) is 0 Å². The molecule has 1 heterocycles. The van der Waals surface area contributed by atoms with E-state index in [2.05, 4.69) is 17.4 Å². The molecule has 4 heteroatoms. The summed E-state index contributed by atoms with van der Waals surface area (Å²) in [7, 11) is 1.99. The van der Waals surface area contributed by atoms with Gasteiger partial charge in [-0.25, -0.2) is 0 Å². The molecule has 1 nitrogen and oxygen atoms in total. The van der Waals surface area contributed by atoms with Crippen molar-refractivity contribution in [3.63, 3.8) is 0 Å². The predicted octanol–water partition coefficient (Wildman–Crippen LogP) is 4.68. The topological polar surface area (TPSA) is 12.0 Å². The third-order valence-electron chi connectivity index (χ3n) is 3.02. The van der Waals surface area contributed by atoms with Crippen LogP contribution in [0.5, 0.6) is 0 Å². The van der Waals surface area contributed by atoms with Gasteiger partial charge >= 0.3 is 0 Å². The van der Waals surface area contributed by atoms with Crippen molar-refractivity contribution in [2.24, 2.45) is 5.92 Å². The average molecular weight is 314 g/mol. The second-order valence-corrected chi connectivity index (χ2v) is 6.90. The summed E-state index contributed by atoms with van der Waals surface area (Å²) in [6.07, 6.45) is 2.07. The van der Waals surface area contributed by atoms with Gasteiger partial charge < -0.3 is 5.32 Å². The lowest BCUT2D eigenvalue weighted by Crippen LogP contribution is -2.22. The van der Waals surface area contributed by atoms with Gasteiger partial charge in [0.1, 0.15) is 0 Å². The third-order valence-corrected chi connectivity index (χ3v) is 4.51. The average Bonchev–Trinajstić information content (AvgIpc) is 2.75. The quantitative estimate of drug-likeness (QED) is 0.816. The van der Waals surface area contributed by atoms with Gasteiger partial charge in [-0.05, 0) is 62.2 Å². The molecule has 0 amide bonds. The van der Waals surface area contributed by atoms with Crippen molar-refractivity contribution in [2.75, 3.05) is 13.6 Å². The van der Waals surface area contributed by atoms with E-state index in [0.717, 1.165) is 28.7 Å². The molecule has 0 spiro atoms. The molecule has 0 aliphatic carbocycles. The van der Waals surface area contributed by atoms with E-state index in [1.54, 1.807) is 11.3 Å². The lowest BCUT2D eigenvalue weighted by molar-refractivity contribution is 0.496. The van der Waals surface area contributed by atoms with Gasteiger partial charge in [0.15, 0.2) is 0 Å². The van der Waals surface area contributed by atoms with E-state index in [0.29, 0.717) is 5.92 Å². The number of rotatable bonds is 6. The van der Waals surface area contributed by atoms with Gasteiger partial charge in [-0.15, -0.1) is 11.3 Å². The summed E-state index contributed by atoms with van der Waals surface area (Å²) in [6.45, 7) is 0.988. The summed E-state index contributed by atoms with van der Waals surface area (Å²) in [5.41, 5.74) is 1.29. The van der Waals surface area contributed by atoms with Gasteiger partial charge in [0.25, 0.3) is 0 Å². The van der Waals surface area contributed by atoms with Gasteiger partial charge in [0.05, 0.1) is 4.34 Å². The Kier molecular flexibility index (Phi) is 5.71. The molecule has 102 valence electrons. The van der Waals surface area contributed by atoms with Crippen LogP contribution >= 0.6 is 34.5 Å². The Hall–Kier alpha value is -0.540. The zero-order valence-corrected chi connectivity index (χ0v) is 13.2. The first kappa shape index (κ1) is 14.9. The highest BCUT2D eigenvalue weighted by molar-refractivity contribution is 7.16. The van der Waals surface area contributed by atoms with Crippen molar-refractivity contribution < 1.29 is 0 Å². The van der Waals surface area contributed by atoms with E-state index in [9.17, 15) is 0 Å². The normalized spacial score (nSPS) is 12.6. The molecule has 0 aliphatic heterocycles. The van der Waals surface area contributed by atoms with Gasteiger partial charge in [0, 0.05) is 9.90 Å². The van der Waals surface area contributed by atoms with Crippen LogP contribution in [0, 0.1) is 5.92 Å². The summed E-state index contributed by atoms with van der Waals surface area (Å²) in [6, 6.07) is 12.2. The highest BCUT2D eigenvalue weighted by Gasteiger charge is 2.12. The van der Waals surface area contributed by atoms with Crippen LogP contribution < -0.4 is 5.32 Å². The molecule has 1 aromatic heterocycles. The smallest absolute Gasteiger partial charge is 0.0931 e. The molecule has 19 heavy (non-hydrogen) atoms. The number of halogens is 2. The maximum atomic E-state index is 6.04. The first-order valence-electron chi connectivity index (χ1n) is 6.30. The molecule has 0 aliphatic rings. The molecule has 1 atom stereocenters. The summed E-state index contributed by atoms with van der Waals surface area (Å²) >= 11 is 13.7. The van der Waals surface area contributed by atoms with E-state index in [1.165, 1.54) is 10.4 Å². The minimum Gasteiger partial charge on any atom is -0.319 e. The number of hydrogen-bond acceptors (Lipinski definition) is 2. The van der Waals surface area contributed by atoms with Crippen LogP contribution in [-0.4, -0.2) is 13.6 Å². The predicted molar refractivity (Wildman–Crippen MR) is 85.6 cm³/mol. The minimum atomic E-state index is 0.554. The van der Waals surface area contributed by atoms with Crippen LogP contribution in [0.3, 0.4) is 0 Å². The summed E-state index contributed by atoms with van der Waals surface area (Å²) < 4.78 is 0.862. The van der Waals surface area contributed by atoms with E-state index >= 15 is 0 Å². The van der Waals surface area contributed by atoms with Crippen LogP contribution in [-0.2, 0) is 12.8 Å². The van der Waals surface area contributed by atoms with Crippen molar-refractivity contribution in [3.8, 4) is 0 Å². The van der Waals surface area contributed by atoms with E-state index < -0.39 is 0 Å². The highest BCUT2D eigenvalue weighted by atomic mass is 35.5. The second kappa shape index (κ2) is 7.30. The van der Waals surface area contributed by atoms with Gasteiger partial charge in [0.2, 0.25) is 0 Å². The molecular weight excluding hydrogens is 297 g/mol. The Morgan fingerprint density at radius 2 is 2.00 bits per heavy atom. The lowest BCUT2D eigenvalue weighted by atomic mass is 9.95. The summed E-state index contributed by atoms with van der Waals surface area (Å²) in [5.74, 6) is 0.554. The molecular formula is C15H17Cl2NS. The van der Waals surface area contributed by atoms with E-state index in [1.807, 2.05) is 31.3 Å². The number of hydrogen-bond donors (Lipinski definition) is 1. The number of nitrogens with one attached hydrogen (secondary N) is 1. The van der Waals surface area contributed by atoms with Crippen molar-refractivity contribution in [1.29, 1.82) is 0 Å². The maximum absolute atomic E-state index is 6.04. The Balaban J connectivity index is 2.03. The molecule has 0 fully saturated rings. The summed E-state index contributed by atoms with van der Waals surface area (Å²) in [4.78, 5) is 1.34. The monoisotopic (exact) mass is 313 g/mol. The fraction of sp³-hybridized carbons (Fsp3) is 0.333. The summed E-state index contributed by atoms with van der Waals surface area (Å²) in [5, 5.41) is 4.07. The second-order valence-electron chi connectivity index (χ2n) is 4.67. The fourth-order valence-electron chi connectivity index (χ4n) is 2.25.